The van der Waals surface area contributed by atoms with E-state index in [9.17, 15) is 4.79 Å². The average molecular weight is 282 g/mol. The second kappa shape index (κ2) is 6.34. The van der Waals surface area contributed by atoms with E-state index in [0.29, 0.717) is 6.04 Å². The molecule has 0 bridgehead atoms. The van der Waals surface area contributed by atoms with Crippen molar-refractivity contribution in [3.05, 3.63) is 16.1 Å². The quantitative estimate of drug-likeness (QED) is 0.918. The lowest BCUT2D eigenvalue weighted by atomic mass is 10.1. The summed E-state index contributed by atoms with van der Waals surface area (Å²) in [6.45, 7) is 4.53. The molecular formula is C13H22N4OS. The number of carbonyl (C=O) groups excluding carboxylic acids is 1. The predicted molar refractivity (Wildman–Crippen MR) is 77.4 cm³/mol. The van der Waals surface area contributed by atoms with Gasteiger partial charge in [0.25, 0.3) is 0 Å². The molecule has 0 aromatic carbocycles. The maximum absolute atomic E-state index is 11.8. The molecule has 1 fully saturated rings. The molecule has 1 aromatic heterocycles. The van der Waals surface area contributed by atoms with E-state index in [-0.39, 0.29) is 6.03 Å². The minimum Gasteiger partial charge on any atom is -0.331 e. The van der Waals surface area contributed by atoms with Gasteiger partial charge in [-0.05, 0) is 19.8 Å². The maximum Gasteiger partial charge on any atom is 0.319 e. The third kappa shape index (κ3) is 3.91. The molecule has 1 saturated heterocycles. The molecule has 1 aliphatic heterocycles. The standard InChI is InChI=1S/C13H22N4OS/c1-10-15-12(9-19-10)8-14-11-4-6-17(7-5-11)13(18)16(2)3/h9,11,14H,4-8H2,1-3H3. The SMILES string of the molecule is Cc1nc(CNC2CCN(C(=O)N(C)C)CC2)cs1. The first-order valence-corrected chi connectivity index (χ1v) is 7.55. The van der Waals surface area contributed by atoms with E-state index in [1.165, 1.54) is 0 Å². The van der Waals surface area contributed by atoms with Gasteiger partial charge in [-0.3, -0.25) is 0 Å². The van der Waals surface area contributed by atoms with Gasteiger partial charge in [-0.1, -0.05) is 0 Å². The third-order valence-corrected chi connectivity index (χ3v) is 4.21. The van der Waals surface area contributed by atoms with Gasteiger partial charge in [0.15, 0.2) is 0 Å². The topological polar surface area (TPSA) is 48.5 Å². The second-order valence-electron chi connectivity index (χ2n) is 5.18. The number of thiazole rings is 1. The number of rotatable bonds is 3. The van der Waals surface area contributed by atoms with E-state index >= 15 is 0 Å². The summed E-state index contributed by atoms with van der Waals surface area (Å²) in [5.74, 6) is 0. The molecule has 2 amide bonds. The molecule has 0 unspecified atom stereocenters. The van der Waals surface area contributed by atoms with Crippen LogP contribution in [0.15, 0.2) is 5.38 Å². The van der Waals surface area contributed by atoms with Crippen LogP contribution in [0.1, 0.15) is 23.5 Å². The molecule has 0 spiro atoms. The van der Waals surface area contributed by atoms with E-state index in [2.05, 4.69) is 15.7 Å². The summed E-state index contributed by atoms with van der Waals surface area (Å²) in [6, 6.07) is 0.613. The fourth-order valence-electron chi connectivity index (χ4n) is 2.30. The van der Waals surface area contributed by atoms with Gasteiger partial charge >= 0.3 is 6.03 Å². The third-order valence-electron chi connectivity index (χ3n) is 3.39. The highest BCUT2D eigenvalue weighted by Gasteiger charge is 2.23. The van der Waals surface area contributed by atoms with Crippen LogP contribution in [-0.4, -0.2) is 54.0 Å². The van der Waals surface area contributed by atoms with Crippen molar-refractivity contribution in [2.75, 3.05) is 27.2 Å². The van der Waals surface area contributed by atoms with Crippen LogP contribution in [0.3, 0.4) is 0 Å². The van der Waals surface area contributed by atoms with Gasteiger partial charge < -0.3 is 15.1 Å². The molecule has 0 radical (unpaired) electrons. The lowest BCUT2D eigenvalue weighted by molar-refractivity contribution is 0.152. The Labute approximate surface area is 118 Å². The van der Waals surface area contributed by atoms with Crippen LogP contribution in [0.5, 0.6) is 0 Å². The van der Waals surface area contributed by atoms with Crippen LogP contribution in [0.2, 0.25) is 0 Å². The number of likely N-dealkylation sites (tertiary alicyclic amines) is 1. The fourth-order valence-corrected chi connectivity index (χ4v) is 2.91. The first-order chi connectivity index (χ1) is 9.06. The second-order valence-corrected chi connectivity index (χ2v) is 6.24. The molecular weight excluding hydrogens is 260 g/mol. The molecule has 19 heavy (non-hydrogen) atoms. The Bertz CT molecular complexity index is 424. The lowest BCUT2D eigenvalue weighted by Crippen LogP contribution is -2.47. The molecule has 1 aromatic rings. The molecule has 106 valence electrons. The summed E-state index contributed by atoms with van der Waals surface area (Å²) in [7, 11) is 3.61. The van der Waals surface area contributed by atoms with Crippen LogP contribution in [0.25, 0.3) is 0 Å². The number of aryl methyl sites for hydroxylation is 1. The average Bonchev–Trinajstić information content (AvgIpc) is 2.82. The van der Waals surface area contributed by atoms with Gasteiger partial charge in [-0.15, -0.1) is 11.3 Å². The van der Waals surface area contributed by atoms with Gasteiger partial charge in [0.1, 0.15) is 0 Å². The zero-order valence-electron chi connectivity index (χ0n) is 11.8. The number of nitrogens with one attached hydrogen (secondary N) is 1. The Balaban J connectivity index is 1.73. The Morgan fingerprint density at radius 3 is 2.74 bits per heavy atom. The van der Waals surface area contributed by atoms with E-state index in [4.69, 9.17) is 0 Å². The summed E-state index contributed by atoms with van der Waals surface area (Å²) in [4.78, 5) is 19.8. The summed E-state index contributed by atoms with van der Waals surface area (Å²) in [6.07, 6.45) is 2.03. The number of amides is 2. The number of hydrogen-bond donors (Lipinski definition) is 1. The molecule has 0 atom stereocenters. The minimum atomic E-state index is 0.119. The van der Waals surface area contributed by atoms with E-state index < -0.39 is 0 Å². The van der Waals surface area contributed by atoms with Gasteiger partial charge in [0.05, 0.1) is 10.7 Å². The number of carbonyl (C=O) groups is 1. The monoisotopic (exact) mass is 282 g/mol. The maximum atomic E-state index is 11.8. The molecule has 0 saturated carbocycles. The highest BCUT2D eigenvalue weighted by Crippen LogP contribution is 2.13. The molecule has 1 N–H and O–H groups in total. The van der Waals surface area contributed by atoms with Gasteiger partial charge in [-0.2, -0.15) is 0 Å². The zero-order valence-corrected chi connectivity index (χ0v) is 12.7. The van der Waals surface area contributed by atoms with E-state index in [0.717, 1.165) is 43.2 Å². The molecule has 0 aliphatic carbocycles. The number of nitrogens with zero attached hydrogens (tertiary/aromatic N) is 3. The van der Waals surface area contributed by atoms with Crippen LogP contribution < -0.4 is 5.32 Å². The highest BCUT2D eigenvalue weighted by molar-refractivity contribution is 7.09. The predicted octanol–water partition coefficient (Wildman–Crippen LogP) is 1.69. The van der Waals surface area contributed by atoms with Gasteiger partial charge in [0, 0.05) is 45.2 Å². The fraction of sp³-hybridized carbons (Fsp3) is 0.692. The van der Waals surface area contributed by atoms with Crippen molar-refractivity contribution in [1.29, 1.82) is 0 Å². The molecule has 1 aliphatic rings. The smallest absolute Gasteiger partial charge is 0.319 e. The van der Waals surface area contributed by atoms with Crippen molar-refractivity contribution in [2.45, 2.75) is 32.4 Å². The van der Waals surface area contributed by atoms with Crippen LogP contribution in [0.4, 0.5) is 4.79 Å². The van der Waals surface area contributed by atoms with E-state index in [1.54, 1.807) is 30.3 Å². The van der Waals surface area contributed by atoms with Crippen molar-refractivity contribution >= 4 is 17.4 Å². The van der Waals surface area contributed by atoms with Crippen molar-refractivity contribution in [3.8, 4) is 0 Å². The first kappa shape index (κ1) is 14.3. The van der Waals surface area contributed by atoms with Crippen LogP contribution in [-0.2, 0) is 6.54 Å². The Morgan fingerprint density at radius 1 is 1.53 bits per heavy atom. The largest absolute Gasteiger partial charge is 0.331 e. The summed E-state index contributed by atoms with van der Waals surface area (Å²) in [5, 5.41) is 6.75. The van der Waals surface area contributed by atoms with Crippen molar-refractivity contribution in [3.63, 3.8) is 0 Å². The molecule has 6 heteroatoms. The lowest BCUT2D eigenvalue weighted by Gasteiger charge is -2.33. The minimum absolute atomic E-state index is 0.119. The molecule has 2 heterocycles. The number of piperidine rings is 1. The summed E-state index contributed by atoms with van der Waals surface area (Å²) in [5.41, 5.74) is 1.12. The zero-order chi connectivity index (χ0) is 13.8. The van der Waals surface area contributed by atoms with Crippen molar-refractivity contribution < 1.29 is 4.79 Å². The highest BCUT2D eigenvalue weighted by atomic mass is 32.1. The summed E-state index contributed by atoms with van der Waals surface area (Å²) >= 11 is 1.69. The van der Waals surface area contributed by atoms with Crippen LogP contribution >= 0.6 is 11.3 Å². The number of urea groups is 1. The Kier molecular flexibility index (Phi) is 4.76. The Morgan fingerprint density at radius 2 is 2.21 bits per heavy atom. The van der Waals surface area contributed by atoms with Gasteiger partial charge in [-0.25, -0.2) is 9.78 Å². The summed E-state index contributed by atoms with van der Waals surface area (Å²) < 4.78 is 0. The van der Waals surface area contributed by atoms with Crippen LogP contribution in [0, 0.1) is 6.92 Å². The number of aromatic nitrogens is 1. The Hall–Kier alpha value is -1.14. The van der Waals surface area contributed by atoms with Gasteiger partial charge in [0.2, 0.25) is 0 Å². The van der Waals surface area contributed by atoms with Crippen molar-refractivity contribution in [2.24, 2.45) is 0 Å². The normalized spacial score (nSPS) is 16.7. The molecule has 2 rings (SSSR count). The van der Waals surface area contributed by atoms with E-state index in [1.807, 2.05) is 11.8 Å². The van der Waals surface area contributed by atoms with Crippen molar-refractivity contribution in [1.82, 2.24) is 20.1 Å². The number of hydrogen-bond acceptors (Lipinski definition) is 4. The molecule has 5 nitrogen and oxygen atoms in total. The first-order valence-electron chi connectivity index (χ1n) is 6.67.